The van der Waals surface area contributed by atoms with Crippen molar-refractivity contribution in [1.82, 2.24) is 14.7 Å². The van der Waals surface area contributed by atoms with Crippen LogP contribution in [0.15, 0.2) is 24.3 Å². The summed E-state index contributed by atoms with van der Waals surface area (Å²) < 4.78 is 5.91. The molecule has 2 aliphatic rings. The van der Waals surface area contributed by atoms with E-state index in [9.17, 15) is 4.79 Å². The van der Waals surface area contributed by atoms with E-state index in [1.165, 1.54) is 5.56 Å². The van der Waals surface area contributed by atoms with Gasteiger partial charge in [-0.2, -0.15) is 0 Å². The van der Waals surface area contributed by atoms with Gasteiger partial charge in [-0.1, -0.05) is 19.1 Å². The van der Waals surface area contributed by atoms with E-state index in [0.29, 0.717) is 12.0 Å². The molecular weight excluding hydrogens is 314 g/mol. The van der Waals surface area contributed by atoms with Crippen LogP contribution in [0.25, 0.3) is 0 Å². The van der Waals surface area contributed by atoms with Crippen molar-refractivity contribution < 1.29 is 9.53 Å². The van der Waals surface area contributed by atoms with Crippen molar-refractivity contribution in [3.05, 3.63) is 29.8 Å². The van der Waals surface area contributed by atoms with Gasteiger partial charge in [-0.15, -0.1) is 0 Å². The maximum Gasteiger partial charge on any atom is 0.219 e. The first kappa shape index (κ1) is 18.2. The first-order valence-corrected chi connectivity index (χ1v) is 9.44. The molecule has 2 aliphatic heterocycles. The van der Waals surface area contributed by atoms with E-state index < -0.39 is 0 Å². The maximum absolute atomic E-state index is 11.5. The molecule has 25 heavy (non-hydrogen) atoms. The van der Waals surface area contributed by atoms with Crippen LogP contribution in [0, 0.1) is 12.8 Å². The van der Waals surface area contributed by atoms with Gasteiger partial charge in [0.2, 0.25) is 5.91 Å². The molecule has 0 radical (unpaired) electrons. The van der Waals surface area contributed by atoms with Gasteiger partial charge in [0.15, 0.2) is 0 Å². The van der Waals surface area contributed by atoms with E-state index in [1.807, 2.05) is 17.0 Å². The number of hydrogen-bond donors (Lipinski definition) is 0. The number of amides is 1. The molecule has 5 nitrogen and oxygen atoms in total. The predicted molar refractivity (Wildman–Crippen MR) is 99.9 cm³/mol. The van der Waals surface area contributed by atoms with Gasteiger partial charge in [-0.05, 0) is 30.5 Å². The van der Waals surface area contributed by atoms with Crippen molar-refractivity contribution in [1.29, 1.82) is 0 Å². The molecule has 0 aliphatic carbocycles. The molecule has 0 unspecified atom stereocenters. The molecular formula is C20H31N3O2. The van der Waals surface area contributed by atoms with E-state index in [4.69, 9.17) is 4.74 Å². The number of ether oxygens (including phenoxy) is 1. The fourth-order valence-electron chi connectivity index (χ4n) is 4.07. The van der Waals surface area contributed by atoms with E-state index >= 15 is 0 Å². The van der Waals surface area contributed by atoms with Crippen LogP contribution in [0.4, 0.5) is 0 Å². The highest BCUT2D eigenvalue weighted by Crippen LogP contribution is 2.23. The Labute approximate surface area is 151 Å². The van der Waals surface area contributed by atoms with Crippen molar-refractivity contribution in [2.24, 2.45) is 5.92 Å². The lowest BCUT2D eigenvalue weighted by Gasteiger charge is -2.39. The monoisotopic (exact) mass is 345 g/mol. The Balaban J connectivity index is 1.43. The van der Waals surface area contributed by atoms with Crippen LogP contribution in [0.1, 0.15) is 19.4 Å². The summed E-state index contributed by atoms with van der Waals surface area (Å²) in [7, 11) is 0. The highest BCUT2D eigenvalue weighted by atomic mass is 16.5. The van der Waals surface area contributed by atoms with Crippen molar-refractivity contribution in [2.45, 2.75) is 26.8 Å². The number of aryl methyl sites for hydroxylation is 1. The minimum Gasteiger partial charge on any atom is -0.492 e. The van der Waals surface area contributed by atoms with Crippen LogP contribution >= 0.6 is 0 Å². The predicted octanol–water partition coefficient (Wildman–Crippen LogP) is 1.86. The molecule has 5 heteroatoms. The molecule has 138 valence electrons. The number of likely N-dealkylation sites (tertiary alicyclic amines) is 1. The Morgan fingerprint density at radius 1 is 1.20 bits per heavy atom. The summed E-state index contributed by atoms with van der Waals surface area (Å²) in [6, 6.07) is 8.85. The lowest BCUT2D eigenvalue weighted by atomic mass is 10.0. The summed E-state index contributed by atoms with van der Waals surface area (Å²) in [5.41, 5.74) is 1.23. The highest BCUT2D eigenvalue weighted by Gasteiger charge is 2.35. The SMILES string of the molecule is CC(=O)N1CCN([C@@H]2CN(CCOc3cccc(C)c3)C[C@H]2C)CC1. The summed E-state index contributed by atoms with van der Waals surface area (Å²) in [6.45, 7) is 13.8. The van der Waals surface area contributed by atoms with Crippen molar-refractivity contribution in [3.8, 4) is 5.75 Å². The smallest absolute Gasteiger partial charge is 0.219 e. The molecule has 2 fully saturated rings. The third kappa shape index (κ3) is 4.73. The van der Waals surface area contributed by atoms with Gasteiger partial charge < -0.3 is 9.64 Å². The summed E-state index contributed by atoms with van der Waals surface area (Å²) in [5.74, 6) is 1.83. The Kier molecular flexibility index (Phi) is 5.97. The third-order valence-electron chi connectivity index (χ3n) is 5.54. The molecule has 0 aromatic heterocycles. The number of piperazine rings is 1. The Morgan fingerprint density at radius 2 is 1.96 bits per heavy atom. The highest BCUT2D eigenvalue weighted by molar-refractivity contribution is 5.73. The van der Waals surface area contributed by atoms with E-state index in [2.05, 4.69) is 35.8 Å². The molecule has 0 N–H and O–H groups in total. The van der Waals surface area contributed by atoms with Gasteiger partial charge in [0.25, 0.3) is 0 Å². The number of benzene rings is 1. The van der Waals surface area contributed by atoms with Crippen molar-refractivity contribution >= 4 is 5.91 Å². The summed E-state index contributed by atoms with van der Waals surface area (Å²) in [4.78, 5) is 18.5. The van der Waals surface area contributed by atoms with Gasteiger partial charge in [0, 0.05) is 58.8 Å². The van der Waals surface area contributed by atoms with Gasteiger partial charge in [-0.3, -0.25) is 14.6 Å². The quantitative estimate of drug-likeness (QED) is 0.816. The van der Waals surface area contributed by atoms with Gasteiger partial charge >= 0.3 is 0 Å². The molecule has 2 atom stereocenters. The molecule has 0 bridgehead atoms. The van der Waals surface area contributed by atoms with Crippen LogP contribution in [0.3, 0.4) is 0 Å². The molecule has 1 aromatic carbocycles. The molecule has 3 rings (SSSR count). The lowest BCUT2D eigenvalue weighted by molar-refractivity contribution is -0.130. The Hall–Kier alpha value is -1.59. The number of hydrogen-bond acceptors (Lipinski definition) is 4. The molecule has 0 saturated carbocycles. The largest absolute Gasteiger partial charge is 0.492 e. The minimum absolute atomic E-state index is 0.203. The van der Waals surface area contributed by atoms with Crippen LogP contribution < -0.4 is 4.74 Å². The zero-order valence-corrected chi connectivity index (χ0v) is 15.8. The maximum atomic E-state index is 11.5. The second-order valence-electron chi connectivity index (χ2n) is 7.51. The molecule has 1 aromatic rings. The average molecular weight is 345 g/mol. The molecule has 2 heterocycles. The number of nitrogens with zero attached hydrogens (tertiary/aromatic N) is 3. The van der Waals surface area contributed by atoms with E-state index in [1.54, 1.807) is 6.92 Å². The fraction of sp³-hybridized carbons (Fsp3) is 0.650. The number of carbonyl (C=O) groups is 1. The van der Waals surface area contributed by atoms with Crippen LogP contribution in [-0.2, 0) is 4.79 Å². The standard InChI is InChI=1S/C20H31N3O2/c1-16-5-4-6-19(13-16)25-12-11-21-14-17(2)20(15-21)23-9-7-22(8-10-23)18(3)24/h4-6,13,17,20H,7-12,14-15H2,1-3H3/t17-,20-/m1/s1. The molecule has 2 saturated heterocycles. The summed E-state index contributed by atoms with van der Waals surface area (Å²) in [6.07, 6.45) is 0. The summed E-state index contributed by atoms with van der Waals surface area (Å²) in [5, 5.41) is 0. The Bertz CT molecular complexity index is 584. The third-order valence-corrected chi connectivity index (χ3v) is 5.54. The van der Waals surface area contributed by atoms with Crippen LogP contribution in [0.2, 0.25) is 0 Å². The number of rotatable bonds is 5. The first-order valence-electron chi connectivity index (χ1n) is 9.44. The zero-order chi connectivity index (χ0) is 17.8. The average Bonchev–Trinajstić information content (AvgIpc) is 2.96. The number of carbonyl (C=O) groups excluding carboxylic acids is 1. The van der Waals surface area contributed by atoms with Crippen LogP contribution in [-0.4, -0.2) is 79.1 Å². The second kappa shape index (κ2) is 8.19. The van der Waals surface area contributed by atoms with E-state index in [-0.39, 0.29) is 5.91 Å². The first-order chi connectivity index (χ1) is 12.0. The van der Waals surface area contributed by atoms with Gasteiger partial charge in [-0.25, -0.2) is 0 Å². The fourth-order valence-corrected chi connectivity index (χ4v) is 4.07. The van der Waals surface area contributed by atoms with Gasteiger partial charge in [0.05, 0.1) is 0 Å². The zero-order valence-electron chi connectivity index (χ0n) is 15.8. The Morgan fingerprint density at radius 3 is 2.64 bits per heavy atom. The molecule has 1 amide bonds. The molecule has 0 spiro atoms. The van der Waals surface area contributed by atoms with Crippen molar-refractivity contribution in [2.75, 3.05) is 52.4 Å². The summed E-state index contributed by atoms with van der Waals surface area (Å²) >= 11 is 0. The normalized spacial score (nSPS) is 25.3. The lowest BCUT2D eigenvalue weighted by Crippen LogP contribution is -2.53. The van der Waals surface area contributed by atoms with Crippen LogP contribution in [0.5, 0.6) is 5.75 Å². The minimum atomic E-state index is 0.203. The second-order valence-corrected chi connectivity index (χ2v) is 7.51. The topological polar surface area (TPSA) is 36.0 Å². The van der Waals surface area contributed by atoms with Crippen molar-refractivity contribution in [3.63, 3.8) is 0 Å². The van der Waals surface area contributed by atoms with Gasteiger partial charge in [0.1, 0.15) is 12.4 Å². The van der Waals surface area contributed by atoms with E-state index in [0.717, 1.165) is 58.2 Å².